The van der Waals surface area contributed by atoms with Crippen LogP contribution >= 0.6 is 11.6 Å². The van der Waals surface area contributed by atoms with Gasteiger partial charge in [0.25, 0.3) is 0 Å². The second-order valence-corrected chi connectivity index (χ2v) is 4.20. The predicted molar refractivity (Wildman–Crippen MR) is 62.6 cm³/mol. The van der Waals surface area contributed by atoms with Gasteiger partial charge in [0.2, 0.25) is 0 Å². The molecule has 0 bridgehead atoms. The normalized spacial score (nSPS) is 12.5. The first-order valence-electron chi connectivity index (χ1n) is 5.10. The Kier molecular flexibility index (Phi) is 4.92. The van der Waals surface area contributed by atoms with E-state index in [-0.39, 0.29) is 6.61 Å². The van der Waals surface area contributed by atoms with Gasteiger partial charge >= 0.3 is 0 Å². The minimum atomic E-state index is 0.241. The van der Waals surface area contributed by atoms with Gasteiger partial charge in [0, 0.05) is 6.61 Å². The number of hydrogen-bond donors (Lipinski definition) is 1. The van der Waals surface area contributed by atoms with Gasteiger partial charge in [-0.05, 0) is 36.5 Å². The molecule has 2 nitrogen and oxygen atoms in total. The summed E-state index contributed by atoms with van der Waals surface area (Å²) in [7, 11) is 1.61. The number of halogens is 1. The van der Waals surface area contributed by atoms with Gasteiger partial charge in [-0.1, -0.05) is 24.6 Å². The van der Waals surface area contributed by atoms with Crippen molar-refractivity contribution < 1.29 is 9.84 Å². The molecule has 3 heteroatoms. The lowest BCUT2D eigenvalue weighted by molar-refractivity contribution is 0.262. The Hall–Kier alpha value is -0.730. The number of benzene rings is 1. The molecule has 0 radical (unpaired) electrons. The van der Waals surface area contributed by atoms with Crippen LogP contribution in [0.2, 0.25) is 5.02 Å². The van der Waals surface area contributed by atoms with Crippen molar-refractivity contribution in [3.63, 3.8) is 0 Å². The molecule has 0 aliphatic rings. The third-order valence-electron chi connectivity index (χ3n) is 2.42. The van der Waals surface area contributed by atoms with Gasteiger partial charge in [-0.25, -0.2) is 0 Å². The number of hydrogen-bond acceptors (Lipinski definition) is 2. The molecular weight excluding hydrogens is 212 g/mol. The van der Waals surface area contributed by atoms with Crippen LogP contribution in [-0.4, -0.2) is 18.8 Å². The van der Waals surface area contributed by atoms with E-state index in [2.05, 4.69) is 6.92 Å². The maximum atomic E-state index is 8.81. The van der Waals surface area contributed by atoms with E-state index in [9.17, 15) is 0 Å². The first-order chi connectivity index (χ1) is 7.17. The van der Waals surface area contributed by atoms with E-state index in [0.29, 0.717) is 16.7 Å². The molecule has 0 saturated heterocycles. The Morgan fingerprint density at radius 3 is 2.73 bits per heavy atom. The maximum Gasteiger partial charge on any atom is 0.137 e. The van der Waals surface area contributed by atoms with Crippen molar-refractivity contribution in [1.82, 2.24) is 0 Å². The number of ether oxygens (including phenoxy) is 1. The van der Waals surface area contributed by atoms with Gasteiger partial charge in [-0.2, -0.15) is 0 Å². The number of aliphatic hydroxyl groups excluding tert-OH is 1. The molecule has 0 aliphatic carbocycles. The molecule has 1 atom stereocenters. The molecule has 1 N–H and O–H groups in total. The summed E-state index contributed by atoms with van der Waals surface area (Å²) >= 11 is 6.02. The zero-order chi connectivity index (χ0) is 11.3. The number of aliphatic hydroxyl groups is 1. The molecule has 0 heterocycles. The summed E-state index contributed by atoms with van der Waals surface area (Å²) in [4.78, 5) is 0. The standard InChI is InChI=1S/C12H17ClO2/c1-9(5-6-14)7-10-3-4-12(15-2)11(13)8-10/h3-4,8-9,14H,5-7H2,1-2H3. The van der Waals surface area contributed by atoms with Crippen molar-refractivity contribution in [3.05, 3.63) is 28.8 Å². The third kappa shape index (κ3) is 3.73. The van der Waals surface area contributed by atoms with Gasteiger partial charge in [0.15, 0.2) is 0 Å². The van der Waals surface area contributed by atoms with Crippen molar-refractivity contribution in [2.75, 3.05) is 13.7 Å². The second kappa shape index (κ2) is 5.99. The van der Waals surface area contributed by atoms with E-state index >= 15 is 0 Å². The molecule has 0 amide bonds. The minimum absolute atomic E-state index is 0.241. The summed E-state index contributed by atoms with van der Waals surface area (Å²) in [5.74, 6) is 1.18. The smallest absolute Gasteiger partial charge is 0.137 e. The fraction of sp³-hybridized carbons (Fsp3) is 0.500. The summed E-state index contributed by atoms with van der Waals surface area (Å²) in [5.41, 5.74) is 1.18. The Labute approximate surface area is 95.8 Å². The first-order valence-corrected chi connectivity index (χ1v) is 5.48. The van der Waals surface area contributed by atoms with E-state index < -0.39 is 0 Å². The lowest BCUT2D eigenvalue weighted by Gasteiger charge is -2.11. The van der Waals surface area contributed by atoms with E-state index in [1.54, 1.807) is 7.11 Å². The quantitative estimate of drug-likeness (QED) is 0.840. The average Bonchev–Trinajstić information content (AvgIpc) is 2.18. The fourth-order valence-corrected chi connectivity index (χ4v) is 1.84. The van der Waals surface area contributed by atoms with Gasteiger partial charge < -0.3 is 9.84 Å². The Bertz CT molecular complexity index is 312. The molecule has 1 rings (SSSR count). The fourth-order valence-electron chi connectivity index (χ4n) is 1.56. The molecule has 1 aromatic rings. The number of methoxy groups -OCH3 is 1. The molecule has 84 valence electrons. The Morgan fingerprint density at radius 2 is 2.20 bits per heavy atom. The van der Waals surface area contributed by atoms with Crippen molar-refractivity contribution in [3.8, 4) is 5.75 Å². The highest BCUT2D eigenvalue weighted by Crippen LogP contribution is 2.26. The van der Waals surface area contributed by atoms with E-state index in [1.165, 1.54) is 5.56 Å². The predicted octanol–water partition coefficient (Wildman–Crippen LogP) is 2.91. The zero-order valence-electron chi connectivity index (χ0n) is 9.16. The lowest BCUT2D eigenvalue weighted by atomic mass is 9.98. The van der Waals surface area contributed by atoms with E-state index in [1.807, 2.05) is 18.2 Å². The maximum absolute atomic E-state index is 8.81. The largest absolute Gasteiger partial charge is 0.495 e. The van der Waals surface area contributed by atoms with Crippen LogP contribution in [0.4, 0.5) is 0 Å². The van der Waals surface area contributed by atoms with Crippen molar-refractivity contribution >= 4 is 11.6 Å². The van der Waals surface area contributed by atoms with Crippen LogP contribution in [0.25, 0.3) is 0 Å². The van der Waals surface area contributed by atoms with Crippen LogP contribution in [0.5, 0.6) is 5.75 Å². The van der Waals surface area contributed by atoms with Crippen LogP contribution in [-0.2, 0) is 6.42 Å². The summed E-state index contributed by atoms with van der Waals surface area (Å²) < 4.78 is 5.08. The third-order valence-corrected chi connectivity index (χ3v) is 2.72. The van der Waals surface area contributed by atoms with E-state index in [4.69, 9.17) is 21.4 Å². The molecule has 0 saturated carbocycles. The van der Waals surface area contributed by atoms with Gasteiger partial charge in [0.1, 0.15) is 5.75 Å². The SMILES string of the molecule is COc1ccc(CC(C)CCO)cc1Cl. The van der Waals surface area contributed by atoms with Crippen LogP contribution in [0.1, 0.15) is 18.9 Å². The first kappa shape index (κ1) is 12.3. The summed E-state index contributed by atoms with van der Waals surface area (Å²) in [6.45, 7) is 2.36. The highest BCUT2D eigenvalue weighted by molar-refractivity contribution is 6.32. The van der Waals surface area contributed by atoms with Crippen LogP contribution in [0.15, 0.2) is 18.2 Å². The van der Waals surface area contributed by atoms with Crippen molar-refractivity contribution in [1.29, 1.82) is 0 Å². The van der Waals surface area contributed by atoms with E-state index in [0.717, 1.165) is 12.8 Å². The molecule has 0 aliphatic heterocycles. The Morgan fingerprint density at radius 1 is 1.47 bits per heavy atom. The van der Waals surface area contributed by atoms with Crippen molar-refractivity contribution in [2.45, 2.75) is 19.8 Å². The molecule has 1 unspecified atom stereocenters. The van der Waals surface area contributed by atoms with Crippen LogP contribution in [0.3, 0.4) is 0 Å². The molecule has 0 aromatic heterocycles. The Balaban J connectivity index is 2.66. The van der Waals surface area contributed by atoms with Crippen molar-refractivity contribution in [2.24, 2.45) is 5.92 Å². The molecule has 1 aromatic carbocycles. The van der Waals surface area contributed by atoms with Crippen LogP contribution in [0, 0.1) is 5.92 Å². The molecule has 0 fully saturated rings. The number of rotatable bonds is 5. The minimum Gasteiger partial charge on any atom is -0.495 e. The summed E-state index contributed by atoms with van der Waals surface area (Å²) in [5, 5.41) is 9.45. The second-order valence-electron chi connectivity index (χ2n) is 3.79. The highest BCUT2D eigenvalue weighted by Gasteiger charge is 2.06. The highest BCUT2D eigenvalue weighted by atomic mass is 35.5. The summed E-state index contributed by atoms with van der Waals surface area (Å²) in [6, 6.07) is 5.82. The molecule has 0 spiro atoms. The molecule has 15 heavy (non-hydrogen) atoms. The zero-order valence-corrected chi connectivity index (χ0v) is 9.92. The lowest BCUT2D eigenvalue weighted by Crippen LogP contribution is -2.02. The van der Waals surface area contributed by atoms with Gasteiger partial charge in [-0.3, -0.25) is 0 Å². The average molecular weight is 229 g/mol. The summed E-state index contributed by atoms with van der Waals surface area (Å²) in [6.07, 6.45) is 1.76. The monoisotopic (exact) mass is 228 g/mol. The van der Waals surface area contributed by atoms with Gasteiger partial charge in [0.05, 0.1) is 12.1 Å². The van der Waals surface area contributed by atoms with Crippen LogP contribution < -0.4 is 4.74 Å². The topological polar surface area (TPSA) is 29.5 Å². The van der Waals surface area contributed by atoms with Gasteiger partial charge in [-0.15, -0.1) is 0 Å². The molecular formula is C12H17ClO2.